The number of aliphatic hydroxyl groups excluding tert-OH is 1. The summed E-state index contributed by atoms with van der Waals surface area (Å²) < 4.78 is 65.4. The molecular weight excluding hydrogens is 802 g/mol. The second-order valence-electron chi connectivity index (χ2n) is 14.3. The number of carbonyl (C=O) groups excluding carboxylic acids is 4. The Balaban J connectivity index is 5.01. The maximum atomic E-state index is 12.6. The summed E-state index contributed by atoms with van der Waals surface area (Å²) in [6.45, 7) is 3.82. The summed E-state index contributed by atoms with van der Waals surface area (Å²) in [5, 5.41) is 10.2. The third-order valence-corrected chi connectivity index (χ3v) is 10.4. The molecular formula is C39H74O17P2. The predicted molar refractivity (Wildman–Crippen MR) is 215 cm³/mol. The molecule has 0 fully saturated rings. The predicted octanol–water partition coefficient (Wildman–Crippen LogP) is 8.19. The van der Waals surface area contributed by atoms with E-state index >= 15 is 0 Å². The molecule has 0 aromatic heterocycles. The van der Waals surface area contributed by atoms with E-state index in [2.05, 4.69) is 13.8 Å². The van der Waals surface area contributed by atoms with Crippen LogP contribution in [0.25, 0.3) is 0 Å². The minimum atomic E-state index is -4.90. The van der Waals surface area contributed by atoms with Crippen molar-refractivity contribution in [1.29, 1.82) is 0 Å². The first-order chi connectivity index (χ1) is 27.7. The second-order valence-corrected chi connectivity index (χ2v) is 17.2. The van der Waals surface area contributed by atoms with E-state index in [1.54, 1.807) is 13.8 Å². The molecule has 0 amide bonds. The molecule has 0 bridgehead atoms. The summed E-state index contributed by atoms with van der Waals surface area (Å²) in [6, 6.07) is 0. The SMILES string of the molecule is CCCCCCCCCCCC(=O)O[C@H](COC(=O)CCCCCCCCC)COP(=O)(O)OC[C@H](O)COP(=O)(O)OC[C@@H](COC(=O)CCC)OC(=O)CCC. The Bertz CT molecular complexity index is 1190. The van der Waals surface area contributed by atoms with Crippen LogP contribution in [-0.4, -0.2) is 96.7 Å². The number of aliphatic hydroxyl groups is 1. The number of esters is 4. The van der Waals surface area contributed by atoms with Crippen LogP contribution in [0.2, 0.25) is 0 Å². The standard InChI is InChI=1S/C39H74O17P2/c1-5-9-11-13-15-16-18-20-22-26-39(44)56-35(30-50-37(42)25-21-19-17-14-12-10-6-2)32-54-58(47,48)52-28-33(40)27-51-57(45,46)53-31-34(55-38(43)24-8-4)29-49-36(41)23-7-3/h33-35,40H,5-32H2,1-4H3,(H,45,46)(H,47,48)/t33-,34-,35-/m1/s1. The number of hydrogen-bond acceptors (Lipinski definition) is 15. The number of phosphoric ester groups is 2. The van der Waals surface area contributed by atoms with Crippen molar-refractivity contribution in [2.24, 2.45) is 0 Å². The number of hydrogen-bond donors (Lipinski definition) is 3. The zero-order valence-electron chi connectivity index (χ0n) is 35.5. The molecule has 19 heteroatoms. The molecule has 58 heavy (non-hydrogen) atoms. The van der Waals surface area contributed by atoms with Gasteiger partial charge in [-0.2, -0.15) is 0 Å². The van der Waals surface area contributed by atoms with Gasteiger partial charge in [0.15, 0.2) is 12.2 Å². The Morgan fingerprint density at radius 2 is 0.724 bits per heavy atom. The lowest BCUT2D eigenvalue weighted by molar-refractivity contribution is -0.161. The van der Waals surface area contributed by atoms with Crippen LogP contribution in [0.4, 0.5) is 0 Å². The third kappa shape index (κ3) is 34.9. The minimum Gasteiger partial charge on any atom is -0.462 e. The summed E-state index contributed by atoms with van der Waals surface area (Å²) in [4.78, 5) is 69.1. The van der Waals surface area contributed by atoms with E-state index in [0.717, 1.165) is 57.8 Å². The van der Waals surface area contributed by atoms with Crippen LogP contribution in [0.5, 0.6) is 0 Å². The molecule has 0 saturated heterocycles. The molecule has 0 aromatic rings. The van der Waals surface area contributed by atoms with Crippen molar-refractivity contribution in [2.75, 3.05) is 39.6 Å². The van der Waals surface area contributed by atoms with E-state index < -0.39 is 97.5 Å². The zero-order chi connectivity index (χ0) is 43.5. The number of phosphoric acid groups is 2. The molecule has 0 radical (unpaired) electrons. The third-order valence-electron chi connectivity index (χ3n) is 8.54. The van der Waals surface area contributed by atoms with Crippen LogP contribution in [0, 0.1) is 0 Å². The van der Waals surface area contributed by atoms with Crippen LogP contribution in [0.15, 0.2) is 0 Å². The van der Waals surface area contributed by atoms with Gasteiger partial charge in [0.25, 0.3) is 0 Å². The van der Waals surface area contributed by atoms with Gasteiger partial charge in [0.1, 0.15) is 19.3 Å². The van der Waals surface area contributed by atoms with Gasteiger partial charge in [-0.15, -0.1) is 0 Å². The lowest BCUT2D eigenvalue weighted by atomic mass is 10.1. The van der Waals surface area contributed by atoms with Crippen molar-refractivity contribution in [3.05, 3.63) is 0 Å². The van der Waals surface area contributed by atoms with Gasteiger partial charge >= 0.3 is 39.5 Å². The highest BCUT2D eigenvalue weighted by molar-refractivity contribution is 7.47. The quantitative estimate of drug-likeness (QED) is 0.0228. The van der Waals surface area contributed by atoms with E-state index in [9.17, 15) is 43.2 Å². The molecule has 3 N–H and O–H groups in total. The summed E-state index contributed by atoms with van der Waals surface area (Å²) >= 11 is 0. The summed E-state index contributed by atoms with van der Waals surface area (Å²) in [5.74, 6) is -2.29. The first-order valence-electron chi connectivity index (χ1n) is 21.3. The van der Waals surface area contributed by atoms with Crippen LogP contribution >= 0.6 is 15.6 Å². The van der Waals surface area contributed by atoms with Crippen LogP contribution in [-0.2, 0) is 65.4 Å². The fourth-order valence-corrected chi connectivity index (χ4v) is 6.87. The number of unbranched alkanes of at least 4 members (excludes halogenated alkanes) is 14. The van der Waals surface area contributed by atoms with E-state index in [1.165, 1.54) is 32.1 Å². The van der Waals surface area contributed by atoms with Gasteiger partial charge in [-0.05, 0) is 25.7 Å². The highest BCUT2D eigenvalue weighted by Gasteiger charge is 2.30. The van der Waals surface area contributed by atoms with Gasteiger partial charge in [-0.25, -0.2) is 9.13 Å². The average molecular weight is 877 g/mol. The van der Waals surface area contributed by atoms with Crippen molar-refractivity contribution in [3.63, 3.8) is 0 Å². The molecule has 0 aliphatic heterocycles. The molecule has 5 atom stereocenters. The molecule has 0 aliphatic carbocycles. The Kier molecular flexibility index (Phi) is 34.6. The molecule has 0 aromatic carbocycles. The van der Waals surface area contributed by atoms with Gasteiger partial charge in [-0.1, -0.05) is 118 Å². The lowest BCUT2D eigenvalue weighted by Crippen LogP contribution is -2.30. The zero-order valence-corrected chi connectivity index (χ0v) is 37.3. The number of ether oxygens (including phenoxy) is 4. The maximum absolute atomic E-state index is 12.6. The normalized spacial score (nSPS) is 15.1. The number of rotatable bonds is 40. The first kappa shape index (κ1) is 56.1. The number of carbonyl (C=O) groups is 4. The summed E-state index contributed by atoms with van der Waals surface area (Å²) in [5.41, 5.74) is 0. The van der Waals surface area contributed by atoms with Gasteiger partial charge in [0.2, 0.25) is 0 Å². The van der Waals surface area contributed by atoms with Crippen LogP contribution in [0.1, 0.15) is 169 Å². The van der Waals surface area contributed by atoms with Crippen molar-refractivity contribution in [1.82, 2.24) is 0 Å². The topological polar surface area (TPSA) is 237 Å². The minimum absolute atomic E-state index is 0.0509. The molecule has 17 nitrogen and oxygen atoms in total. The van der Waals surface area contributed by atoms with E-state index in [1.807, 2.05) is 0 Å². The second kappa shape index (κ2) is 35.8. The van der Waals surface area contributed by atoms with Gasteiger partial charge in [-0.3, -0.25) is 37.3 Å². The summed E-state index contributed by atoms with van der Waals surface area (Å²) in [6.07, 6.45) is 13.9. The van der Waals surface area contributed by atoms with Crippen LogP contribution < -0.4 is 0 Å². The summed E-state index contributed by atoms with van der Waals surface area (Å²) in [7, 11) is -9.77. The molecule has 0 saturated carbocycles. The average Bonchev–Trinajstić information content (AvgIpc) is 3.17. The fraction of sp³-hybridized carbons (Fsp3) is 0.897. The largest absolute Gasteiger partial charge is 0.472 e. The molecule has 0 heterocycles. The van der Waals surface area contributed by atoms with Crippen molar-refractivity contribution in [2.45, 2.75) is 187 Å². The van der Waals surface area contributed by atoms with Crippen molar-refractivity contribution >= 4 is 39.5 Å². The molecule has 0 spiro atoms. The maximum Gasteiger partial charge on any atom is 0.472 e. The highest BCUT2D eigenvalue weighted by Crippen LogP contribution is 2.45. The highest BCUT2D eigenvalue weighted by atomic mass is 31.2. The molecule has 342 valence electrons. The van der Waals surface area contributed by atoms with E-state index in [4.69, 9.17) is 37.0 Å². The van der Waals surface area contributed by atoms with Crippen molar-refractivity contribution in [3.8, 4) is 0 Å². The fourth-order valence-electron chi connectivity index (χ4n) is 5.29. The lowest BCUT2D eigenvalue weighted by Gasteiger charge is -2.21. The monoisotopic (exact) mass is 876 g/mol. The Hall–Kier alpha value is -1.94. The van der Waals surface area contributed by atoms with E-state index in [-0.39, 0.29) is 25.7 Å². The Morgan fingerprint density at radius 1 is 0.414 bits per heavy atom. The first-order valence-corrected chi connectivity index (χ1v) is 24.3. The van der Waals surface area contributed by atoms with E-state index in [0.29, 0.717) is 25.7 Å². The molecule has 0 aliphatic rings. The van der Waals surface area contributed by atoms with Crippen molar-refractivity contribution < 1.29 is 80.2 Å². The Morgan fingerprint density at radius 3 is 1.12 bits per heavy atom. The van der Waals surface area contributed by atoms with Gasteiger partial charge < -0.3 is 33.8 Å². The Labute approximate surface area is 346 Å². The molecule has 2 unspecified atom stereocenters. The van der Waals surface area contributed by atoms with Crippen LogP contribution in [0.3, 0.4) is 0 Å². The van der Waals surface area contributed by atoms with Gasteiger partial charge in [0, 0.05) is 25.7 Å². The van der Waals surface area contributed by atoms with Gasteiger partial charge in [0.05, 0.1) is 26.4 Å². The smallest absolute Gasteiger partial charge is 0.462 e. The molecule has 0 rings (SSSR count).